The Hall–Kier alpha value is -0.960. The fraction of sp³-hybridized carbons (Fsp3) is 0.650. The number of aliphatic imine (C=N–C) groups is 1. The van der Waals surface area contributed by atoms with E-state index >= 15 is 0 Å². The summed E-state index contributed by atoms with van der Waals surface area (Å²) < 4.78 is 26.9. The third-order valence-corrected chi connectivity index (χ3v) is 4.76. The lowest BCUT2D eigenvalue weighted by Gasteiger charge is -2.33. The molecule has 0 bridgehead atoms. The summed E-state index contributed by atoms with van der Waals surface area (Å²) in [5, 5.41) is 6.74. The molecule has 1 aliphatic rings. The number of hydrogen-bond donors (Lipinski definition) is 2. The van der Waals surface area contributed by atoms with Gasteiger partial charge in [-0.1, -0.05) is 13.3 Å². The van der Waals surface area contributed by atoms with Gasteiger partial charge in [0, 0.05) is 32.2 Å². The molecule has 0 atom stereocenters. The zero-order valence-electron chi connectivity index (χ0n) is 16.4. The van der Waals surface area contributed by atoms with Crippen LogP contribution in [0.15, 0.2) is 23.2 Å². The van der Waals surface area contributed by atoms with Crippen molar-refractivity contribution in [1.82, 2.24) is 15.5 Å². The third-order valence-electron chi connectivity index (χ3n) is 4.76. The minimum absolute atomic E-state index is 0. The Bertz CT molecular complexity index is 575. The fourth-order valence-corrected chi connectivity index (χ4v) is 3.22. The average molecular weight is 494 g/mol. The van der Waals surface area contributed by atoms with E-state index in [0.717, 1.165) is 44.5 Å². The topological polar surface area (TPSA) is 39.7 Å². The maximum absolute atomic E-state index is 13.7. The fourth-order valence-electron chi connectivity index (χ4n) is 3.22. The standard InChI is InChI=1S/C20H32F2N4.HI/c1-3-5-12-26-13-9-18(10-14-26)25-20(23-4-2)24-11-8-16-15-17(21)6-7-19(16)22;/h6-7,15,18H,3-5,8-14H2,1-2H3,(H2,23,24,25);1H. The number of halogens is 3. The lowest BCUT2D eigenvalue weighted by molar-refractivity contribution is 0.203. The van der Waals surface area contributed by atoms with Crippen molar-refractivity contribution in [1.29, 1.82) is 0 Å². The third kappa shape index (κ3) is 8.72. The summed E-state index contributed by atoms with van der Waals surface area (Å²) in [4.78, 5) is 7.06. The Morgan fingerprint density at radius 1 is 1.22 bits per heavy atom. The first-order chi connectivity index (χ1) is 12.6. The van der Waals surface area contributed by atoms with Gasteiger partial charge in [-0.15, -0.1) is 24.0 Å². The molecule has 1 aromatic rings. The highest BCUT2D eigenvalue weighted by Crippen LogP contribution is 2.12. The molecule has 1 aliphatic heterocycles. The Kier molecular flexibility index (Phi) is 11.8. The molecule has 0 saturated carbocycles. The van der Waals surface area contributed by atoms with Gasteiger partial charge in [0.1, 0.15) is 11.6 Å². The van der Waals surface area contributed by atoms with E-state index in [9.17, 15) is 8.78 Å². The molecule has 0 unspecified atom stereocenters. The molecule has 2 rings (SSSR count). The first-order valence-electron chi connectivity index (χ1n) is 9.83. The van der Waals surface area contributed by atoms with Gasteiger partial charge in [0.25, 0.3) is 0 Å². The van der Waals surface area contributed by atoms with Crippen LogP contribution < -0.4 is 10.6 Å². The summed E-state index contributed by atoms with van der Waals surface area (Å²) in [5.41, 5.74) is 0.369. The summed E-state index contributed by atoms with van der Waals surface area (Å²) in [5.74, 6) is -0.0272. The van der Waals surface area contributed by atoms with Crippen LogP contribution in [0.25, 0.3) is 0 Å². The average Bonchev–Trinajstić information content (AvgIpc) is 2.64. The summed E-state index contributed by atoms with van der Waals surface area (Å²) in [6, 6.07) is 3.97. The van der Waals surface area contributed by atoms with Crippen LogP contribution in [0.3, 0.4) is 0 Å². The van der Waals surface area contributed by atoms with Crippen molar-refractivity contribution < 1.29 is 8.78 Å². The van der Waals surface area contributed by atoms with Gasteiger partial charge in [-0.25, -0.2) is 8.78 Å². The van der Waals surface area contributed by atoms with E-state index in [4.69, 9.17) is 0 Å². The second-order valence-electron chi connectivity index (χ2n) is 6.86. The predicted molar refractivity (Wildman–Crippen MR) is 119 cm³/mol. The van der Waals surface area contributed by atoms with Gasteiger partial charge in [0.05, 0.1) is 0 Å². The largest absolute Gasteiger partial charge is 0.357 e. The van der Waals surface area contributed by atoms with Crippen molar-refractivity contribution in [2.24, 2.45) is 4.99 Å². The van der Waals surface area contributed by atoms with Crippen LogP contribution >= 0.6 is 24.0 Å². The van der Waals surface area contributed by atoms with E-state index in [1.807, 2.05) is 6.92 Å². The summed E-state index contributed by atoms with van der Waals surface area (Å²) in [7, 11) is 0. The number of unbranched alkanes of at least 4 members (excludes halogenated alkanes) is 1. The molecule has 27 heavy (non-hydrogen) atoms. The number of likely N-dealkylation sites (tertiary alicyclic amines) is 1. The number of rotatable bonds is 8. The van der Waals surface area contributed by atoms with Crippen LogP contribution in [0.4, 0.5) is 8.78 Å². The number of nitrogens with zero attached hydrogens (tertiary/aromatic N) is 2. The molecule has 1 heterocycles. The minimum atomic E-state index is -0.412. The number of nitrogens with one attached hydrogen (secondary N) is 2. The molecule has 0 aliphatic carbocycles. The zero-order chi connectivity index (χ0) is 18.8. The van der Waals surface area contributed by atoms with Crippen molar-refractivity contribution in [3.63, 3.8) is 0 Å². The molecule has 154 valence electrons. The molecule has 0 aromatic heterocycles. The Labute approximate surface area is 179 Å². The van der Waals surface area contributed by atoms with E-state index in [0.29, 0.717) is 24.6 Å². The highest BCUT2D eigenvalue weighted by atomic mass is 127. The van der Waals surface area contributed by atoms with Crippen molar-refractivity contribution in [2.75, 3.05) is 32.7 Å². The van der Waals surface area contributed by atoms with E-state index in [-0.39, 0.29) is 29.8 Å². The molecule has 4 nitrogen and oxygen atoms in total. The lowest BCUT2D eigenvalue weighted by Crippen LogP contribution is -2.48. The van der Waals surface area contributed by atoms with Crippen molar-refractivity contribution in [2.45, 2.75) is 52.0 Å². The second kappa shape index (κ2) is 13.3. The molecule has 7 heteroatoms. The molecule has 1 aromatic carbocycles. The number of hydrogen-bond acceptors (Lipinski definition) is 2. The molecular formula is C20H33F2IN4. The Morgan fingerprint density at radius 3 is 2.63 bits per heavy atom. The van der Waals surface area contributed by atoms with Crippen LogP contribution in [0.2, 0.25) is 0 Å². The molecule has 0 radical (unpaired) electrons. The maximum atomic E-state index is 13.7. The quantitative estimate of drug-likeness (QED) is 0.327. The molecule has 0 spiro atoms. The molecule has 2 N–H and O–H groups in total. The van der Waals surface area contributed by atoms with Gasteiger partial charge in [-0.2, -0.15) is 0 Å². The molecule has 0 amide bonds. The summed E-state index contributed by atoms with van der Waals surface area (Å²) in [6.45, 7) is 8.87. The summed E-state index contributed by atoms with van der Waals surface area (Å²) in [6.07, 6.45) is 5.09. The van der Waals surface area contributed by atoms with Gasteiger partial charge in [-0.05, 0) is 62.9 Å². The van der Waals surface area contributed by atoms with Gasteiger partial charge in [-0.3, -0.25) is 4.99 Å². The van der Waals surface area contributed by atoms with Crippen LogP contribution in [-0.4, -0.2) is 49.6 Å². The van der Waals surface area contributed by atoms with Crippen LogP contribution in [0.5, 0.6) is 0 Å². The van der Waals surface area contributed by atoms with Crippen molar-refractivity contribution in [3.05, 3.63) is 35.4 Å². The molecule has 1 saturated heterocycles. The van der Waals surface area contributed by atoms with Gasteiger partial charge in [0.2, 0.25) is 0 Å². The first kappa shape index (κ1) is 24.1. The number of guanidine groups is 1. The van der Waals surface area contributed by atoms with E-state index in [2.05, 4.69) is 27.4 Å². The lowest BCUT2D eigenvalue weighted by atomic mass is 10.0. The van der Waals surface area contributed by atoms with Crippen LogP contribution in [0.1, 0.15) is 45.1 Å². The SMILES string of the molecule is CCCCN1CCC(NC(=NCCc2cc(F)ccc2F)NCC)CC1.I. The van der Waals surface area contributed by atoms with Crippen LogP contribution in [0, 0.1) is 11.6 Å². The number of benzene rings is 1. The van der Waals surface area contributed by atoms with E-state index < -0.39 is 5.82 Å². The highest BCUT2D eigenvalue weighted by Gasteiger charge is 2.19. The second-order valence-corrected chi connectivity index (χ2v) is 6.86. The van der Waals surface area contributed by atoms with E-state index in [1.165, 1.54) is 31.5 Å². The Balaban J connectivity index is 0.00000364. The zero-order valence-corrected chi connectivity index (χ0v) is 18.8. The maximum Gasteiger partial charge on any atom is 0.191 e. The smallest absolute Gasteiger partial charge is 0.191 e. The summed E-state index contributed by atoms with van der Waals surface area (Å²) >= 11 is 0. The van der Waals surface area contributed by atoms with Crippen molar-refractivity contribution in [3.8, 4) is 0 Å². The van der Waals surface area contributed by atoms with Gasteiger partial charge < -0.3 is 15.5 Å². The van der Waals surface area contributed by atoms with Gasteiger partial charge >= 0.3 is 0 Å². The van der Waals surface area contributed by atoms with Gasteiger partial charge in [0.15, 0.2) is 5.96 Å². The Morgan fingerprint density at radius 2 is 1.96 bits per heavy atom. The van der Waals surface area contributed by atoms with Crippen molar-refractivity contribution >= 4 is 29.9 Å². The highest BCUT2D eigenvalue weighted by molar-refractivity contribution is 14.0. The number of piperidine rings is 1. The minimum Gasteiger partial charge on any atom is -0.357 e. The molecule has 1 fully saturated rings. The normalized spacial score (nSPS) is 16.1. The monoisotopic (exact) mass is 494 g/mol. The van der Waals surface area contributed by atoms with E-state index in [1.54, 1.807) is 0 Å². The van der Waals surface area contributed by atoms with Crippen LogP contribution in [-0.2, 0) is 6.42 Å². The molecular weight excluding hydrogens is 461 g/mol. The predicted octanol–water partition coefficient (Wildman–Crippen LogP) is 3.94. The first-order valence-corrected chi connectivity index (χ1v) is 9.83.